The lowest BCUT2D eigenvalue weighted by atomic mass is 10.2. The van der Waals surface area contributed by atoms with Gasteiger partial charge in [-0.2, -0.15) is 0 Å². The molecule has 1 heterocycles. The molecule has 172 valence electrons. The van der Waals surface area contributed by atoms with Crippen molar-refractivity contribution in [2.75, 3.05) is 10.6 Å². The fraction of sp³-hybridized carbons (Fsp3) is 0.238. The lowest BCUT2D eigenvalue weighted by Gasteiger charge is -2.14. The minimum Gasteiger partial charge on any atom is -0.326 e. The topological polar surface area (TPSA) is 132 Å². The van der Waals surface area contributed by atoms with E-state index in [2.05, 4.69) is 20.8 Å². The number of halogens is 1. The van der Waals surface area contributed by atoms with Crippen molar-refractivity contribution >= 4 is 40.6 Å². The van der Waals surface area contributed by atoms with Gasteiger partial charge in [0.05, 0.1) is 16.6 Å². The van der Waals surface area contributed by atoms with Crippen LogP contribution in [0.15, 0.2) is 53.7 Å². The standard InChI is InChI=1S/C21H21FN6O4S/c1-3-17(20(30)24-15-5-4-6-16(11-15)28(31)32)33-21-26-25-18(27(21)2)12-19(29)23-14-9-7-13(22)8-10-14/h4-11,17H,3,12H2,1-2H3,(H,23,29)(H,24,30)/t17-/m1/s1. The average Bonchev–Trinajstić information content (AvgIpc) is 3.12. The van der Waals surface area contributed by atoms with Gasteiger partial charge >= 0.3 is 0 Å². The van der Waals surface area contributed by atoms with Gasteiger partial charge in [0.2, 0.25) is 11.8 Å². The fourth-order valence-corrected chi connectivity index (χ4v) is 3.79. The summed E-state index contributed by atoms with van der Waals surface area (Å²) in [5, 5.41) is 24.3. The molecular formula is C21H21FN6O4S. The molecule has 2 amide bonds. The fourth-order valence-electron chi connectivity index (χ4n) is 2.85. The summed E-state index contributed by atoms with van der Waals surface area (Å²) >= 11 is 1.18. The van der Waals surface area contributed by atoms with Crippen molar-refractivity contribution in [3.63, 3.8) is 0 Å². The van der Waals surface area contributed by atoms with Gasteiger partial charge in [0.1, 0.15) is 11.6 Å². The predicted molar refractivity (Wildman–Crippen MR) is 121 cm³/mol. The zero-order valence-electron chi connectivity index (χ0n) is 17.8. The molecule has 10 nitrogen and oxygen atoms in total. The Bertz CT molecular complexity index is 1170. The van der Waals surface area contributed by atoms with Crippen molar-refractivity contribution in [2.24, 2.45) is 7.05 Å². The van der Waals surface area contributed by atoms with Crippen LogP contribution in [0.5, 0.6) is 0 Å². The third-order valence-corrected chi connectivity index (χ3v) is 6.01. The van der Waals surface area contributed by atoms with Crippen LogP contribution in [0.3, 0.4) is 0 Å². The zero-order chi connectivity index (χ0) is 24.0. The minimum atomic E-state index is -0.534. The summed E-state index contributed by atoms with van der Waals surface area (Å²) in [6.45, 7) is 1.83. The lowest BCUT2D eigenvalue weighted by molar-refractivity contribution is -0.384. The number of nitrogens with one attached hydrogen (secondary N) is 2. The first-order valence-electron chi connectivity index (χ1n) is 9.92. The highest BCUT2D eigenvalue weighted by atomic mass is 32.2. The second kappa shape index (κ2) is 10.7. The summed E-state index contributed by atoms with van der Waals surface area (Å²) in [6.07, 6.45) is 0.413. The lowest BCUT2D eigenvalue weighted by Crippen LogP contribution is -2.25. The molecule has 0 bridgehead atoms. The number of aromatic nitrogens is 3. The van der Waals surface area contributed by atoms with E-state index in [1.807, 2.05) is 6.92 Å². The molecule has 2 N–H and O–H groups in total. The first-order valence-corrected chi connectivity index (χ1v) is 10.8. The van der Waals surface area contributed by atoms with Crippen LogP contribution >= 0.6 is 11.8 Å². The number of carbonyl (C=O) groups excluding carboxylic acids is 2. The number of nitro benzene ring substituents is 1. The number of thioether (sulfide) groups is 1. The Kier molecular flexibility index (Phi) is 7.72. The van der Waals surface area contributed by atoms with Gasteiger partial charge in [0.25, 0.3) is 5.69 Å². The molecule has 0 fully saturated rings. The van der Waals surface area contributed by atoms with Crippen molar-refractivity contribution in [1.29, 1.82) is 0 Å². The van der Waals surface area contributed by atoms with E-state index in [9.17, 15) is 24.1 Å². The van der Waals surface area contributed by atoms with Crippen molar-refractivity contribution in [3.05, 3.63) is 70.3 Å². The van der Waals surface area contributed by atoms with E-state index >= 15 is 0 Å². The molecule has 0 saturated heterocycles. The van der Waals surface area contributed by atoms with E-state index < -0.39 is 16.0 Å². The number of nitro groups is 1. The van der Waals surface area contributed by atoms with Crippen molar-refractivity contribution in [2.45, 2.75) is 30.2 Å². The maximum absolute atomic E-state index is 13.0. The molecule has 1 aromatic heterocycles. The number of nitrogens with zero attached hydrogens (tertiary/aromatic N) is 4. The molecule has 0 aliphatic carbocycles. The Hall–Kier alpha value is -3.80. The van der Waals surface area contributed by atoms with Gasteiger partial charge in [-0.15, -0.1) is 10.2 Å². The number of rotatable bonds is 9. The summed E-state index contributed by atoms with van der Waals surface area (Å²) in [4.78, 5) is 35.4. The zero-order valence-corrected chi connectivity index (χ0v) is 18.6. The molecule has 1 atom stereocenters. The van der Waals surface area contributed by atoms with Crippen LogP contribution in [0.1, 0.15) is 19.2 Å². The molecule has 0 unspecified atom stereocenters. The molecule has 0 spiro atoms. The van der Waals surface area contributed by atoms with E-state index in [1.165, 1.54) is 54.2 Å². The van der Waals surface area contributed by atoms with Crippen molar-refractivity contribution in [1.82, 2.24) is 14.8 Å². The van der Waals surface area contributed by atoms with Crippen LogP contribution < -0.4 is 10.6 Å². The van der Waals surface area contributed by atoms with Gasteiger partial charge in [-0.05, 0) is 36.8 Å². The summed E-state index contributed by atoms with van der Waals surface area (Å²) in [5.74, 6) is -0.681. The third kappa shape index (κ3) is 6.35. The molecule has 3 aromatic rings. The second-order valence-electron chi connectivity index (χ2n) is 7.00. The van der Waals surface area contributed by atoms with Crippen LogP contribution in [-0.4, -0.2) is 36.8 Å². The van der Waals surface area contributed by atoms with Gasteiger partial charge in [-0.1, -0.05) is 24.8 Å². The minimum absolute atomic E-state index is 0.0574. The molecule has 33 heavy (non-hydrogen) atoms. The number of benzene rings is 2. The average molecular weight is 473 g/mol. The molecule has 2 aromatic carbocycles. The van der Waals surface area contributed by atoms with Crippen LogP contribution in [-0.2, 0) is 23.1 Å². The predicted octanol–water partition coefficient (Wildman–Crippen LogP) is 3.55. The highest BCUT2D eigenvalue weighted by Crippen LogP contribution is 2.26. The van der Waals surface area contributed by atoms with Gasteiger partial charge < -0.3 is 15.2 Å². The summed E-state index contributed by atoms with van der Waals surface area (Å²) in [7, 11) is 1.69. The number of carbonyl (C=O) groups is 2. The van der Waals surface area contributed by atoms with E-state index in [-0.39, 0.29) is 23.9 Å². The highest BCUT2D eigenvalue weighted by Gasteiger charge is 2.23. The van der Waals surface area contributed by atoms with Gasteiger partial charge in [-0.3, -0.25) is 19.7 Å². The van der Waals surface area contributed by atoms with E-state index in [0.717, 1.165) is 0 Å². The SMILES string of the molecule is CC[C@@H](Sc1nnc(CC(=O)Nc2ccc(F)cc2)n1C)C(=O)Nc1cccc([N+](=O)[O-])c1. The Morgan fingerprint density at radius 3 is 2.55 bits per heavy atom. The Balaban J connectivity index is 1.63. The van der Waals surface area contributed by atoms with Crippen LogP contribution in [0, 0.1) is 15.9 Å². The number of hydrogen-bond acceptors (Lipinski definition) is 7. The second-order valence-corrected chi connectivity index (χ2v) is 8.17. The highest BCUT2D eigenvalue weighted by molar-refractivity contribution is 8.00. The van der Waals surface area contributed by atoms with E-state index in [0.29, 0.717) is 28.8 Å². The maximum atomic E-state index is 13.0. The van der Waals surface area contributed by atoms with Crippen LogP contribution in [0.25, 0.3) is 0 Å². The quantitative estimate of drug-likeness (QED) is 0.276. The van der Waals surface area contributed by atoms with Gasteiger partial charge in [0, 0.05) is 30.6 Å². The molecule has 0 aliphatic rings. The normalized spacial score (nSPS) is 11.6. The third-order valence-electron chi connectivity index (χ3n) is 4.61. The molecule has 0 radical (unpaired) electrons. The Morgan fingerprint density at radius 2 is 1.88 bits per heavy atom. The monoisotopic (exact) mass is 472 g/mol. The van der Waals surface area contributed by atoms with Gasteiger partial charge in [0.15, 0.2) is 5.16 Å². The Labute approximate surface area is 192 Å². The molecule has 12 heteroatoms. The summed E-state index contributed by atoms with van der Waals surface area (Å²) in [5.41, 5.74) is 0.664. The molecule has 3 rings (SSSR count). The van der Waals surface area contributed by atoms with E-state index in [4.69, 9.17) is 0 Å². The Morgan fingerprint density at radius 1 is 1.15 bits per heavy atom. The summed E-state index contributed by atoms with van der Waals surface area (Å²) in [6, 6.07) is 11.1. The first kappa shape index (κ1) is 23.9. The first-order chi connectivity index (χ1) is 15.8. The largest absolute Gasteiger partial charge is 0.326 e. The van der Waals surface area contributed by atoms with Crippen molar-refractivity contribution < 1.29 is 18.9 Å². The van der Waals surface area contributed by atoms with Crippen LogP contribution in [0.4, 0.5) is 21.5 Å². The molecular weight excluding hydrogens is 451 g/mol. The maximum Gasteiger partial charge on any atom is 0.271 e. The smallest absolute Gasteiger partial charge is 0.271 e. The molecule has 0 saturated carbocycles. The number of amides is 2. The number of anilines is 2. The summed E-state index contributed by atoms with van der Waals surface area (Å²) < 4.78 is 14.6. The number of non-ortho nitro benzene ring substituents is 1. The molecule has 0 aliphatic heterocycles. The van der Waals surface area contributed by atoms with Crippen LogP contribution in [0.2, 0.25) is 0 Å². The van der Waals surface area contributed by atoms with E-state index in [1.54, 1.807) is 17.7 Å². The number of hydrogen-bond donors (Lipinski definition) is 2. The van der Waals surface area contributed by atoms with Gasteiger partial charge in [-0.25, -0.2) is 4.39 Å². The van der Waals surface area contributed by atoms with Crippen molar-refractivity contribution in [3.8, 4) is 0 Å².